The molecule has 0 saturated heterocycles. The maximum atomic E-state index is 12.8. The van der Waals surface area contributed by atoms with Crippen LogP contribution in [0, 0.1) is 0 Å². The predicted octanol–water partition coefficient (Wildman–Crippen LogP) is 2.15. The van der Waals surface area contributed by atoms with Gasteiger partial charge < -0.3 is 15.4 Å². The van der Waals surface area contributed by atoms with E-state index in [-0.39, 0.29) is 11.3 Å². The topological polar surface area (TPSA) is 145 Å². The van der Waals surface area contributed by atoms with E-state index in [1.54, 1.807) is 37.3 Å². The molecule has 0 aliphatic rings. The van der Waals surface area contributed by atoms with Gasteiger partial charge in [0, 0.05) is 11.3 Å². The lowest BCUT2D eigenvalue weighted by molar-refractivity contribution is -0.156. The smallest absolute Gasteiger partial charge is 0.329 e. The minimum atomic E-state index is -3.85. The van der Waals surface area contributed by atoms with Gasteiger partial charge in [-0.3, -0.25) is 9.59 Å². The Bertz CT molecular complexity index is 1060. The summed E-state index contributed by atoms with van der Waals surface area (Å²) in [5.74, 6) is -1.09. The van der Waals surface area contributed by atoms with Crippen LogP contribution >= 0.6 is 11.8 Å². The first kappa shape index (κ1) is 26.4. The first-order valence-corrected chi connectivity index (χ1v) is 13.1. The van der Waals surface area contributed by atoms with E-state index in [1.165, 1.54) is 36.0 Å². The number of carbonyl (C=O) groups is 3. The summed E-state index contributed by atoms with van der Waals surface area (Å²) in [5, 5.41) is 10.3. The fourth-order valence-corrected chi connectivity index (χ4v) is 3.80. The highest BCUT2D eigenvalue weighted by molar-refractivity contribution is 7.98. The molecule has 0 bridgehead atoms. The SMILES string of the molecule is CC[C@H](OC(=O)[C@@H](CCSC)NC(=O)c1ccccc1)C(=O)Nc1ccc(S(N)(=O)=O)cc1. The molecular formula is C22H27N3O6S2. The standard InChI is InChI=1S/C22H27N3O6S2/c1-3-19(21(27)24-16-9-11-17(12-10-16)33(23,29)30)31-22(28)18(13-14-32-2)25-20(26)15-7-5-4-6-8-15/h4-12,18-19H,3,13-14H2,1-2H3,(H,24,27)(H,25,26)(H2,23,29,30)/t18-,19+/m1/s1. The third-order valence-corrected chi connectivity index (χ3v) is 6.18. The number of primary sulfonamides is 1. The molecule has 33 heavy (non-hydrogen) atoms. The molecule has 0 fully saturated rings. The largest absolute Gasteiger partial charge is 0.451 e. The molecule has 11 heteroatoms. The fraction of sp³-hybridized carbons (Fsp3) is 0.318. The molecule has 0 aliphatic heterocycles. The van der Waals surface area contributed by atoms with E-state index in [2.05, 4.69) is 10.6 Å². The highest BCUT2D eigenvalue weighted by atomic mass is 32.2. The van der Waals surface area contributed by atoms with E-state index in [4.69, 9.17) is 9.88 Å². The van der Waals surface area contributed by atoms with E-state index in [9.17, 15) is 22.8 Å². The van der Waals surface area contributed by atoms with Crippen LogP contribution in [-0.4, -0.2) is 50.4 Å². The van der Waals surface area contributed by atoms with E-state index in [0.29, 0.717) is 23.4 Å². The van der Waals surface area contributed by atoms with Gasteiger partial charge in [-0.15, -0.1) is 0 Å². The van der Waals surface area contributed by atoms with E-state index in [1.807, 2.05) is 6.26 Å². The quantitative estimate of drug-likeness (QED) is 0.407. The molecule has 0 radical (unpaired) electrons. The summed E-state index contributed by atoms with van der Waals surface area (Å²) in [5.41, 5.74) is 0.727. The van der Waals surface area contributed by atoms with Crippen LogP contribution < -0.4 is 15.8 Å². The number of sulfonamides is 1. The molecule has 0 unspecified atom stereocenters. The highest BCUT2D eigenvalue weighted by Crippen LogP contribution is 2.15. The number of anilines is 1. The Morgan fingerprint density at radius 1 is 1.06 bits per heavy atom. The van der Waals surface area contributed by atoms with E-state index in [0.717, 1.165) is 0 Å². The van der Waals surface area contributed by atoms with Crippen molar-refractivity contribution in [3.8, 4) is 0 Å². The molecule has 0 aliphatic carbocycles. The number of thioether (sulfide) groups is 1. The first-order chi connectivity index (χ1) is 15.7. The van der Waals surface area contributed by atoms with Crippen molar-refractivity contribution in [3.05, 3.63) is 60.2 Å². The van der Waals surface area contributed by atoms with Crippen molar-refractivity contribution in [3.63, 3.8) is 0 Å². The maximum absolute atomic E-state index is 12.8. The minimum Gasteiger partial charge on any atom is -0.451 e. The van der Waals surface area contributed by atoms with Gasteiger partial charge in [-0.2, -0.15) is 11.8 Å². The number of nitrogens with one attached hydrogen (secondary N) is 2. The Hall–Kier alpha value is -2.89. The van der Waals surface area contributed by atoms with Crippen LogP contribution in [0.3, 0.4) is 0 Å². The second kappa shape index (κ2) is 12.4. The van der Waals surface area contributed by atoms with Crippen molar-refractivity contribution < 1.29 is 27.5 Å². The summed E-state index contributed by atoms with van der Waals surface area (Å²) in [6.07, 6.45) is 1.33. The van der Waals surface area contributed by atoms with Crippen molar-refractivity contribution in [2.24, 2.45) is 5.14 Å². The Labute approximate surface area is 197 Å². The minimum absolute atomic E-state index is 0.0928. The van der Waals surface area contributed by atoms with Crippen LogP contribution in [0.25, 0.3) is 0 Å². The average Bonchev–Trinajstić information content (AvgIpc) is 2.80. The van der Waals surface area contributed by atoms with Crippen molar-refractivity contribution in [2.45, 2.75) is 36.8 Å². The number of hydrogen-bond acceptors (Lipinski definition) is 7. The van der Waals surface area contributed by atoms with Gasteiger partial charge in [0.25, 0.3) is 11.8 Å². The van der Waals surface area contributed by atoms with Crippen LogP contribution in [0.5, 0.6) is 0 Å². The van der Waals surface area contributed by atoms with Gasteiger partial charge in [-0.05, 0) is 61.2 Å². The number of hydrogen-bond donors (Lipinski definition) is 3. The second-order valence-electron chi connectivity index (χ2n) is 7.07. The van der Waals surface area contributed by atoms with Crippen LogP contribution in [0.1, 0.15) is 30.1 Å². The van der Waals surface area contributed by atoms with Gasteiger partial charge in [0.1, 0.15) is 6.04 Å². The Morgan fingerprint density at radius 3 is 2.24 bits per heavy atom. The summed E-state index contributed by atoms with van der Waals surface area (Å²) in [7, 11) is -3.85. The van der Waals surface area contributed by atoms with Gasteiger partial charge in [0.05, 0.1) is 4.90 Å². The number of esters is 1. The van der Waals surface area contributed by atoms with Crippen molar-refractivity contribution >= 4 is 45.3 Å². The fourth-order valence-electron chi connectivity index (χ4n) is 2.81. The second-order valence-corrected chi connectivity index (χ2v) is 9.61. The molecular weight excluding hydrogens is 466 g/mol. The molecule has 2 atom stereocenters. The first-order valence-electron chi connectivity index (χ1n) is 10.1. The van der Waals surface area contributed by atoms with Crippen molar-refractivity contribution in [2.75, 3.05) is 17.3 Å². The number of carbonyl (C=O) groups excluding carboxylic acids is 3. The lowest BCUT2D eigenvalue weighted by Crippen LogP contribution is -2.45. The molecule has 9 nitrogen and oxygen atoms in total. The molecule has 2 aromatic rings. The molecule has 2 rings (SSSR count). The Kier molecular flexibility index (Phi) is 9.89. The van der Waals surface area contributed by atoms with E-state index < -0.39 is 40.0 Å². The lowest BCUT2D eigenvalue weighted by atomic mass is 10.1. The zero-order chi connectivity index (χ0) is 24.4. The number of benzene rings is 2. The normalized spacial score (nSPS) is 12.9. The molecule has 0 aromatic heterocycles. The lowest BCUT2D eigenvalue weighted by Gasteiger charge is -2.21. The van der Waals surface area contributed by atoms with Gasteiger partial charge in [-0.25, -0.2) is 18.4 Å². The molecule has 0 spiro atoms. The summed E-state index contributed by atoms with van der Waals surface area (Å²) < 4.78 is 28.1. The van der Waals surface area contributed by atoms with Crippen LogP contribution in [-0.2, 0) is 24.3 Å². The molecule has 2 amide bonds. The van der Waals surface area contributed by atoms with Gasteiger partial charge in [0.2, 0.25) is 10.0 Å². The van der Waals surface area contributed by atoms with Crippen LogP contribution in [0.15, 0.2) is 59.5 Å². The Morgan fingerprint density at radius 2 is 1.70 bits per heavy atom. The molecule has 0 heterocycles. The summed E-state index contributed by atoms with van der Waals surface area (Å²) in [6, 6.07) is 12.9. The van der Waals surface area contributed by atoms with Crippen LogP contribution in [0.2, 0.25) is 0 Å². The number of nitrogens with two attached hydrogens (primary N) is 1. The van der Waals surface area contributed by atoms with Gasteiger partial charge in [0.15, 0.2) is 6.10 Å². The number of amides is 2. The van der Waals surface area contributed by atoms with Crippen LogP contribution in [0.4, 0.5) is 5.69 Å². The zero-order valence-electron chi connectivity index (χ0n) is 18.3. The number of rotatable bonds is 11. The summed E-state index contributed by atoms with van der Waals surface area (Å²) in [6.45, 7) is 1.68. The molecule has 0 saturated carbocycles. The maximum Gasteiger partial charge on any atom is 0.329 e. The highest BCUT2D eigenvalue weighted by Gasteiger charge is 2.28. The number of ether oxygens (including phenoxy) is 1. The average molecular weight is 494 g/mol. The van der Waals surface area contributed by atoms with Gasteiger partial charge in [-0.1, -0.05) is 25.1 Å². The van der Waals surface area contributed by atoms with Crippen molar-refractivity contribution in [1.29, 1.82) is 0 Å². The molecule has 4 N–H and O–H groups in total. The third-order valence-electron chi connectivity index (χ3n) is 4.61. The monoisotopic (exact) mass is 493 g/mol. The van der Waals surface area contributed by atoms with E-state index >= 15 is 0 Å². The zero-order valence-corrected chi connectivity index (χ0v) is 19.9. The summed E-state index contributed by atoms with van der Waals surface area (Å²) >= 11 is 1.52. The molecule has 178 valence electrons. The Balaban J connectivity index is 2.05. The third kappa shape index (κ3) is 8.19. The molecule has 2 aromatic carbocycles. The van der Waals surface area contributed by atoms with Gasteiger partial charge >= 0.3 is 5.97 Å². The summed E-state index contributed by atoms with van der Waals surface area (Å²) in [4.78, 5) is 37.8. The predicted molar refractivity (Wildman–Crippen MR) is 127 cm³/mol. The van der Waals surface area contributed by atoms with Crippen molar-refractivity contribution in [1.82, 2.24) is 5.32 Å².